The maximum atomic E-state index is 11.2. The van der Waals surface area contributed by atoms with Crippen LogP contribution < -0.4 is 0 Å². The molecule has 0 aromatic heterocycles. The quantitative estimate of drug-likeness (QED) is 0.416. The van der Waals surface area contributed by atoms with Crippen molar-refractivity contribution in [1.82, 2.24) is 4.90 Å². The zero-order valence-electron chi connectivity index (χ0n) is 7.02. The van der Waals surface area contributed by atoms with Crippen LogP contribution in [0.15, 0.2) is 5.16 Å². The molecule has 0 atom stereocenters. The van der Waals surface area contributed by atoms with E-state index in [2.05, 4.69) is 9.99 Å². The lowest BCUT2D eigenvalue weighted by atomic mass is 10.4. The molecule has 1 fully saturated rings. The van der Waals surface area contributed by atoms with E-state index in [0.29, 0.717) is 26.3 Å². The van der Waals surface area contributed by atoms with E-state index in [1.165, 1.54) is 13.3 Å². The van der Waals surface area contributed by atoms with Crippen molar-refractivity contribution in [2.45, 2.75) is 0 Å². The molecule has 12 heavy (non-hydrogen) atoms. The number of ether oxygens (including phenoxy) is 1. The molecule has 1 rings (SSSR count). The fraction of sp³-hybridized carbons (Fsp3) is 0.714. The molecule has 1 saturated heterocycles. The molecule has 0 saturated carbocycles. The minimum atomic E-state index is -0.125. The smallest absolute Gasteiger partial charge is 0.268 e. The first-order valence-electron chi connectivity index (χ1n) is 3.78. The van der Waals surface area contributed by atoms with Crippen LogP contribution in [-0.2, 0) is 14.4 Å². The number of nitrogens with zero attached hydrogens (tertiary/aromatic N) is 2. The molecule has 0 radical (unpaired) electrons. The average molecular weight is 172 g/mol. The lowest BCUT2D eigenvalue weighted by Crippen LogP contribution is -2.41. The second-order valence-electron chi connectivity index (χ2n) is 2.35. The maximum absolute atomic E-state index is 11.2. The number of rotatable bonds is 2. The lowest BCUT2D eigenvalue weighted by molar-refractivity contribution is -0.127. The van der Waals surface area contributed by atoms with Crippen LogP contribution in [0, 0.1) is 0 Å². The molecular formula is C7H12N2O3. The summed E-state index contributed by atoms with van der Waals surface area (Å²) < 4.78 is 5.08. The molecule has 1 aliphatic heterocycles. The van der Waals surface area contributed by atoms with Gasteiger partial charge in [0.25, 0.3) is 5.91 Å². The summed E-state index contributed by atoms with van der Waals surface area (Å²) in [6, 6.07) is 0. The van der Waals surface area contributed by atoms with Gasteiger partial charge in [-0.3, -0.25) is 4.79 Å². The summed E-state index contributed by atoms with van der Waals surface area (Å²) in [5.41, 5.74) is 0. The molecule has 1 aliphatic rings. The first kappa shape index (κ1) is 8.99. The van der Waals surface area contributed by atoms with E-state index in [4.69, 9.17) is 4.74 Å². The minimum absolute atomic E-state index is 0.125. The van der Waals surface area contributed by atoms with E-state index in [9.17, 15) is 4.79 Å². The van der Waals surface area contributed by atoms with Gasteiger partial charge >= 0.3 is 0 Å². The zero-order valence-corrected chi connectivity index (χ0v) is 7.02. The van der Waals surface area contributed by atoms with Crippen LogP contribution in [-0.4, -0.2) is 50.4 Å². The van der Waals surface area contributed by atoms with Gasteiger partial charge in [0.2, 0.25) is 0 Å². The third-order valence-corrected chi connectivity index (χ3v) is 1.59. The van der Waals surface area contributed by atoms with Gasteiger partial charge in [-0.25, -0.2) is 0 Å². The molecule has 5 nitrogen and oxygen atoms in total. The second-order valence-corrected chi connectivity index (χ2v) is 2.35. The number of carbonyl (C=O) groups excluding carboxylic acids is 1. The molecule has 1 amide bonds. The van der Waals surface area contributed by atoms with Crippen LogP contribution in [0.3, 0.4) is 0 Å². The predicted octanol–water partition coefficient (Wildman–Crippen LogP) is -0.523. The second kappa shape index (κ2) is 4.71. The molecule has 0 aromatic carbocycles. The van der Waals surface area contributed by atoms with Gasteiger partial charge in [-0.05, 0) is 0 Å². The highest BCUT2D eigenvalue weighted by atomic mass is 16.6. The Hall–Kier alpha value is -1.10. The van der Waals surface area contributed by atoms with Crippen molar-refractivity contribution in [1.29, 1.82) is 0 Å². The summed E-state index contributed by atoms with van der Waals surface area (Å²) in [5, 5.41) is 3.39. The molecule has 0 aliphatic carbocycles. The van der Waals surface area contributed by atoms with Crippen molar-refractivity contribution >= 4 is 12.1 Å². The van der Waals surface area contributed by atoms with E-state index in [-0.39, 0.29) is 5.91 Å². The Morgan fingerprint density at radius 3 is 2.83 bits per heavy atom. The van der Waals surface area contributed by atoms with Gasteiger partial charge in [-0.2, -0.15) is 0 Å². The van der Waals surface area contributed by atoms with E-state index < -0.39 is 0 Å². The number of oxime groups is 1. The van der Waals surface area contributed by atoms with Gasteiger partial charge in [0, 0.05) is 13.1 Å². The third kappa shape index (κ3) is 2.50. The van der Waals surface area contributed by atoms with E-state index in [1.807, 2.05) is 0 Å². The Labute approximate surface area is 70.9 Å². The Morgan fingerprint density at radius 1 is 1.58 bits per heavy atom. The van der Waals surface area contributed by atoms with Crippen molar-refractivity contribution in [3.05, 3.63) is 0 Å². The molecule has 0 unspecified atom stereocenters. The number of hydrogen-bond donors (Lipinski definition) is 0. The van der Waals surface area contributed by atoms with Crippen molar-refractivity contribution in [3.8, 4) is 0 Å². The highest BCUT2D eigenvalue weighted by Gasteiger charge is 2.14. The fourth-order valence-corrected chi connectivity index (χ4v) is 0.963. The van der Waals surface area contributed by atoms with Gasteiger partial charge in [0.05, 0.1) is 13.2 Å². The summed E-state index contributed by atoms with van der Waals surface area (Å²) in [7, 11) is 1.41. The van der Waals surface area contributed by atoms with Crippen molar-refractivity contribution in [2.24, 2.45) is 5.16 Å². The van der Waals surface area contributed by atoms with Gasteiger partial charge < -0.3 is 14.5 Å². The summed E-state index contributed by atoms with van der Waals surface area (Å²) in [6.45, 7) is 2.47. The van der Waals surface area contributed by atoms with Gasteiger partial charge in [0.1, 0.15) is 13.3 Å². The molecule has 0 spiro atoms. The van der Waals surface area contributed by atoms with Gasteiger partial charge in [0.15, 0.2) is 0 Å². The Morgan fingerprint density at radius 2 is 2.25 bits per heavy atom. The molecule has 1 heterocycles. The Kier molecular flexibility index (Phi) is 3.53. The molecule has 0 N–H and O–H groups in total. The fourth-order valence-electron chi connectivity index (χ4n) is 0.963. The molecule has 5 heteroatoms. The van der Waals surface area contributed by atoms with Crippen LogP contribution in [0.2, 0.25) is 0 Å². The number of carbonyl (C=O) groups is 1. The zero-order chi connectivity index (χ0) is 8.81. The maximum Gasteiger partial charge on any atom is 0.268 e. The van der Waals surface area contributed by atoms with Gasteiger partial charge in [-0.1, -0.05) is 5.16 Å². The summed E-state index contributed by atoms with van der Waals surface area (Å²) >= 11 is 0. The lowest BCUT2D eigenvalue weighted by Gasteiger charge is -2.24. The summed E-state index contributed by atoms with van der Waals surface area (Å²) in [4.78, 5) is 17.3. The number of amides is 1. The topological polar surface area (TPSA) is 51.1 Å². The summed E-state index contributed by atoms with van der Waals surface area (Å²) in [5.74, 6) is -0.125. The normalized spacial score (nSPS) is 18.2. The van der Waals surface area contributed by atoms with E-state index >= 15 is 0 Å². The highest BCUT2D eigenvalue weighted by molar-refractivity contribution is 6.25. The number of morpholine rings is 1. The van der Waals surface area contributed by atoms with Crippen molar-refractivity contribution in [3.63, 3.8) is 0 Å². The monoisotopic (exact) mass is 172 g/mol. The summed E-state index contributed by atoms with van der Waals surface area (Å²) in [6.07, 6.45) is 1.17. The van der Waals surface area contributed by atoms with Crippen LogP contribution in [0.4, 0.5) is 0 Å². The standard InChI is InChI=1S/C7H12N2O3/c1-11-8-6-7(10)9-2-4-12-5-3-9/h6H,2-5H2,1H3/b8-6+. The largest absolute Gasteiger partial charge is 0.399 e. The Balaban J connectivity index is 2.34. The first-order chi connectivity index (χ1) is 5.84. The van der Waals surface area contributed by atoms with Crippen LogP contribution in [0.5, 0.6) is 0 Å². The van der Waals surface area contributed by atoms with Crippen LogP contribution in [0.25, 0.3) is 0 Å². The first-order valence-corrected chi connectivity index (χ1v) is 3.78. The predicted molar refractivity (Wildman–Crippen MR) is 42.9 cm³/mol. The van der Waals surface area contributed by atoms with Crippen molar-refractivity contribution in [2.75, 3.05) is 33.4 Å². The number of hydrogen-bond acceptors (Lipinski definition) is 4. The van der Waals surface area contributed by atoms with Crippen molar-refractivity contribution < 1.29 is 14.4 Å². The third-order valence-electron chi connectivity index (χ3n) is 1.59. The highest BCUT2D eigenvalue weighted by Crippen LogP contribution is 1.95. The molecular weight excluding hydrogens is 160 g/mol. The van der Waals surface area contributed by atoms with Crippen LogP contribution in [0.1, 0.15) is 0 Å². The van der Waals surface area contributed by atoms with E-state index in [1.54, 1.807) is 4.90 Å². The SMILES string of the molecule is CO/N=C/C(=O)N1CCOCC1. The molecule has 0 bridgehead atoms. The average Bonchev–Trinajstić information content (AvgIpc) is 2.15. The van der Waals surface area contributed by atoms with Gasteiger partial charge in [-0.15, -0.1) is 0 Å². The molecule has 0 aromatic rings. The molecule has 68 valence electrons. The van der Waals surface area contributed by atoms with Crippen LogP contribution >= 0.6 is 0 Å². The van der Waals surface area contributed by atoms with E-state index in [0.717, 1.165) is 0 Å². The minimum Gasteiger partial charge on any atom is -0.399 e. The Bertz CT molecular complexity index is 175.